The Morgan fingerprint density at radius 3 is 2.22 bits per heavy atom. The number of carbonyl (C=O) groups excluding carboxylic acids is 1. The summed E-state index contributed by atoms with van der Waals surface area (Å²) in [7, 11) is -1.83. The van der Waals surface area contributed by atoms with Gasteiger partial charge in [-0.3, -0.25) is 9.10 Å². The molecular weight excluding hydrogens is 336 g/mol. The van der Waals surface area contributed by atoms with Crippen molar-refractivity contribution in [1.29, 1.82) is 0 Å². The van der Waals surface area contributed by atoms with Crippen molar-refractivity contribution < 1.29 is 13.2 Å². The molecule has 128 valence electrons. The largest absolute Gasteiger partial charge is 0.341 e. The van der Waals surface area contributed by atoms with Crippen LogP contribution in [0.4, 0.5) is 5.69 Å². The maximum Gasteiger partial charge on any atom is 0.246 e. The van der Waals surface area contributed by atoms with E-state index in [-0.39, 0.29) is 11.9 Å². The van der Waals surface area contributed by atoms with E-state index in [0.29, 0.717) is 10.7 Å². The lowest BCUT2D eigenvalue weighted by molar-refractivity contribution is -0.132. The Kier molecular flexibility index (Phi) is 5.57. The van der Waals surface area contributed by atoms with Crippen molar-refractivity contribution in [1.82, 2.24) is 4.90 Å². The van der Waals surface area contributed by atoms with E-state index in [1.807, 2.05) is 0 Å². The summed E-state index contributed by atoms with van der Waals surface area (Å²) in [6, 6.07) is 5.87. The molecule has 0 aromatic heterocycles. The molecule has 0 saturated heterocycles. The fourth-order valence-corrected chi connectivity index (χ4v) is 4.45. The molecule has 0 spiro atoms. The number of hydrogen-bond donors (Lipinski definition) is 0. The fourth-order valence-electron chi connectivity index (χ4n) is 3.16. The third-order valence-corrected chi connectivity index (χ3v) is 5.86. The highest BCUT2D eigenvalue weighted by Gasteiger charge is 2.33. The van der Waals surface area contributed by atoms with E-state index in [0.717, 1.165) is 36.2 Å². The van der Waals surface area contributed by atoms with Crippen LogP contribution in [0.5, 0.6) is 0 Å². The van der Waals surface area contributed by atoms with Crippen LogP contribution in [-0.4, -0.2) is 44.6 Å². The summed E-state index contributed by atoms with van der Waals surface area (Å²) in [6.07, 6.45) is 5.30. The molecule has 2 rings (SSSR count). The summed E-state index contributed by atoms with van der Waals surface area (Å²) >= 11 is 5.87. The number of halogens is 1. The van der Waals surface area contributed by atoms with Gasteiger partial charge in [0.1, 0.15) is 6.04 Å². The fraction of sp³-hybridized carbons (Fsp3) is 0.562. The Hall–Kier alpha value is -1.27. The van der Waals surface area contributed by atoms with Gasteiger partial charge in [-0.25, -0.2) is 8.42 Å². The molecular formula is C16H23ClN2O3S. The smallest absolute Gasteiger partial charge is 0.246 e. The second kappa shape index (κ2) is 7.09. The second-order valence-electron chi connectivity index (χ2n) is 6.10. The number of carbonyl (C=O) groups is 1. The molecule has 0 bridgehead atoms. The van der Waals surface area contributed by atoms with Gasteiger partial charge < -0.3 is 4.90 Å². The van der Waals surface area contributed by atoms with Crippen molar-refractivity contribution in [2.75, 3.05) is 17.6 Å². The molecule has 7 heteroatoms. The SMILES string of the molecule is C[C@@H](C(=O)N(C)C1CCCC1)N(c1ccc(Cl)cc1)S(C)(=O)=O. The molecule has 0 heterocycles. The molecule has 1 saturated carbocycles. The molecule has 0 unspecified atom stereocenters. The zero-order chi connectivity index (χ0) is 17.2. The van der Waals surface area contributed by atoms with Crippen LogP contribution in [0.2, 0.25) is 5.02 Å². The number of benzene rings is 1. The van der Waals surface area contributed by atoms with Gasteiger partial charge in [0.05, 0.1) is 11.9 Å². The van der Waals surface area contributed by atoms with E-state index in [1.165, 1.54) is 0 Å². The molecule has 1 atom stereocenters. The van der Waals surface area contributed by atoms with Crippen molar-refractivity contribution in [2.45, 2.75) is 44.7 Å². The third-order valence-electron chi connectivity index (χ3n) is 4.37. The van der Waals surface area contributed by atoms with Crippen molar-refractivity contribution in [3.8, 4) is 0 Å². The first-order chi connectivity index (χ1) is 10.7. The Balaban J connectivity index is 2.28. The Labute approximate surface area is 143 Å². The van der Waals surface area contributed by atoms with Crippen LogP contribution in [0.1, 0.15) is 32.6 Å². The van der Waals surface area contributed by atoms with Gasteiger partial charge in [0.15, 0.2) is 0 Å². The predicted octanol–water partition coefficient (Wildman–Crippen LogP) is 2.90. The lowest BCUT2D eigenvalue weighted by Gasteiger charge is -2.33. The Bertz CT molecular complexity index is 654. The zero-order valence-electron chi connectivity index (χ0n) is 13.7. The molecule has 0 aliphatic heterocycles. The van der Waals surface area contributed by atoms with Crippen molar-refractivity contribution in [3.63, 3.8) is 0 Å². The highest BCUT2D eigenvalue weighted by Crippen LogP contribution is 2.26. The van der Waals surface area contributed by atoms with Gasteiger partial charge in [0.2, 0.25) is 15.9 Å². The second-order valence-corrected chi connectivity index (χ2v) is 8.39. The molecule has 1 fully saturated rings. The van der Waals surface area contributed by atoms with Crippen LogP contribution < -0.4 is 4.31 Å². The molecule has 5 nitrogen and oxygen atoms in total. The van der Waals surface area contributed by atoms with E-state index in [4.69, 9.17) is 11.6 Å². The predicted molar refractivity (Wildman–Crippen MR) is 93.3 cm³/mol. The summed E-state index contributed by atoms with van der Waals surface area (Å²) in [5, 5.41) is 0.518. The standard InChI is InChI=1S/C16H23ClN2O3S/c1-12(16(20)18(2)14-6-4-5-7-14)19(23(3,21)22)15-10-8-13(17)9-11-15/h8-12,14H,4-7H2,1-3H3/t12-/m0/s1. The van der Waals surface area contributed by atoms with Gasteiger partial charge in [-0.1, -0.05) is 24.4 Å². The zero-order valence-corrected chi connectivity index (χ0v) is 15.3. The van der Waals surface area contributed by atoms with Crippen molar-refractivity contribution in [2.24, 2.45) is 0 Å². The van der Waals surface area contributed by atoms with Crippen molar-refractivity contribution in [3.05, 3.63) is 29.3 Å². The monoisotopic (exact) mass is 358 g/mol. The number of sulfonamides is 1. The van der Waals surface area contributed by atoms with Gasteiger partial charge in [-0.2, -0.15) is 0 Å². The van der Waals surface area contributed by atoms with Crippen LogP contribution >= 0.6 is 11.6 Å². The van der Waals surface area contributed by atoms with E-state index < -0.39 is 16.1 Å². The molecule has 0 radical (unpaired) electrons. The Morgan fingerprint density at radius 1 is 1.22 bits per heavy atom. The number of anilines is 1. The molecule has 1 aliphatic carbocycles. The van der Waals surface area contributed by atoms with Crippen LogP contribution in [0.3, 0.4) is 0 Å². The first-order valence-electron chi connectivity index (χ1n) is 7.73. The van der Waals surface area contributed by atoms with Crippen LogP contribution in [0.25, 0.3) is 0 Å². The Morgan fingerprint density at radius 2 is 1.74 bits per heavy atom. The summed E-state index contributed by atoms with van der Waals surface area (Å²) < 4.78 is 25.6. The molecule has 23 heavy (non-hydrogen) atoms. The lowest BCUT2D eigenvalue weighted by atomic mass is 10.2. The third kappa shape index (κ3) is 4.18. The number of nitrogens with zero attached hydrogens (tertiary/aromatic N) is 2. The highest BCUT2D eigenvalue weighted by atomic mass is 35.5. The number of likely N-dealkylation sites (N-methyl/N-ethyl adjacent to an activating group) is 1. The average Bonchev–Trinajstić information content (AvgIpc) is 3.00. The number of hydrogen-bond acceptors (Lipinski definition) is 3. The highest BCUT2D eigenvalue weighted by molar-refractivity contribution is 7.92. The normalized spacial score (nSPS) is 17.0. The maximum absolute atomic E-state index is 12.8. The van der Waals surface area contributed by atoms with E-state index in [1.54, 1.807) is 43.1 Å². The molecule has 1 amide bonds. The van der Waals surface area contributed by atoms with Gasteiger partial charge >= 0.3 is 0 Å². The summed E-state index contributed by atoms with van der Waals surface area (Å²) in [5.41, 5.74) is 0.442. The summed E-state index contributed by atoms with van der Waals surface area (Å²) in [5.74, 6) is -0.183. The summed E-state index contributed by atoms with van der Waals surface area (Å²) in [4.78, 5) is 14.5. The topological polar surface area (TPSA) is 57.7 Å². The molecule has 1 aromatic rings. The van der Waals surface area contributed by atoms with Gasteiger partial charge in [0.25, 0.3) is 0 Å². The molecule has 0 N–H and O–H groups in total. The van der Waals surface area contributed by atoms with Crippen molar-refractivity contribution >= 4 is 33.2 Å². The van der Waals surface area contributed by atoms with Gasteiger partial charge in [-0.15, -0.1) is 0 Å². The minimum absolute atomic E-state index is 0.183. The van der Waals surface area contributed by atoms with Crippen LogP contribution in [-0.2, 0) is 14.8 Å². The van der Waals surface area contributed by atoms with E-state index in [2.05, 4.69) is 0 Å². The van der Waals surface area contributed by atoms with E-state index >= 15 is 0 Å². The minimum Gasteiger partial charge on any atom is -0.341 e. The van der Waals surface area contributed by atoms with Crippen LogP contribution in [0.15, 0.2) is 24.3 Å². The maximum atomic E-state index is 12.8. The van der Waals surface area contributed by atoms with Crippen LogP contribution in [0, 0.1) is 0 Å². The van der Waals surface area contributed by atoms with E-state index in [9.17, 15) is 13.2 Å². The first-order valence-corrected chi connectivity index (χ1v) is 9.96. The molecule has 1 aromatic carbocycles. The lowest BCUT2D eigenvalue weighted by Crippen LogP contribution is -2.50. The van der Waals surface area contributed by atoms with Gasteiger partial charge in [0, 0.05) is 18.1 Å². The quantitative estimate of drug-likeness (QED) is 0.813. The first kappa shape index (κ1) is 18.1. The number of rotatable bonds is 5. The summed E-state index contributed by atoms with van der Waals surface area (Å²) in [6.45, 7) is 1.63. The van der Waals surface area contributed by atoms with Gasteiger partial charge in [-0.05, 0) is 44.0 Å². The molecule has 1 aliphatic rings. The minimum atomic E-state index is -3.59. The average molecular weight is 359 g/mol. The number of amides is 1.